The molecule has 2 heterocycles. The molecule has 3 aromatic carbocycles. The van der Waals surface area contributed by atoms with Crippen LogP contribution in [0.4, 0.5) is 0 Å². The van der Waals surface area contributed by atoms with E-state index >= 15 is 0 Å². The van der Waals surface area contributed by atoms with Crippen LogP contribution in [0.15, 0.2) is 72.8 Å². The highest BCUT2D eigenvalue weighted by Gasteiger charge is 2.29. The van der Waals surface area contributed by atoms with Crippen LogP contribution in [0, 0.1) is 24.2 Å². The van der Waals surface area contributed by atoms with Crippen molar-refractivity contribution in [1.29, 1.82) is 0 Å². The van der Waals surface area contributed by atoms with Gasteiger partial charge in [0.2, 0.25) is 0 Å². The number of fused-ring (bicyclic) bond motifs is 4. The van der Waals surface area contributed by atoms with Gasteiger partial charge in [-0.05, 0) is 54.8 Å². The fraction of sp³-hybridized carbons (Fsp3) is 0.200. The number of nitrogens with zero attached hydrogens (tertiary/aromatic N) is 2. The largest absolute Gasteiger partial charge is 0.481 e. The zero-order chi connectivity index (χ0) is 23.7. The zero-order valence-electron chi connectivity index (χ0n) is 19.8. The molecule has 5 rings (SSSR count). The Morgan fingerprint density at radius 3 is 2.26 bits per heavy atom. The normalized spacial score (nSPS) is 13.5. The quantitative estimate of drug-likeness (QED) is 0.317. The maximum Gasteiger partial charge on any atom is 0.151 e. The first-order valence-electron chi connectivity index (χ1n) is 11.4. The number of ether oxygens (including phenoxy) is 2. The fourth-order valence-corrected chi connectivity index (χ4v) is 3.93. The van der Waals surface area contributed by atoms with Crippen LogP contribution in [0.2, 0.25) is 0 Å². The van der Waals surface area contributed by atoms with Crippen molar-refractivity contribution >= 4 is 16.8 Å². The molecular formula is C30H26N2O2. The lowest BCUT2D eigenvalue weighted by Gasteiger charge is -2.26. The van der Waals surface area contributed by atoms with E-state index in [0.29, 0.717) is 6.61 Å². The summed E-state index contributed by atoms with van der Waals surface area (Å²) < 4.78 is 12.5. The van der Waals surface area contributed by atoms with E-state index < -0.39 is 0 Å². The third kappa shape index (κ3) is 4.38. The second-order valence-electron chi connectivity index (χ2n) is 9.41. The Kier molecular flexibility index (Phi) is 5.55. The number of rotatable bonds is 2. The minimum Gasteiger partial charge on any atom is -0.481 e. The summed E-state index contributed by atoms with van der Waals surface area (Å²) in [5.41, 5.74) is 6.01. The van der Waals surface area contributed by atoms with Gasteiger partial charge in [-0.25, -0.2) is 9.97 Å². The van der Waals surface area contributed by atoms with Gasteiger partial charge in [-0.15, -0.1) is 0 Å². The molecule has 0 N–H and O–H groups in total. The van der Waals surface area contributed by atoms with Crippen LogP contribution in [0.1, 0.15) is 37.6 Å². The van der Waals surface area contributed by atoms with E-state index in [0.717, 1.165) is 56.4 Å². The Bertz CT molecular complexity index is 1470. The lowest BCUT2D eigenvalue weighted by atomic mass is 9.93. The lowest BCUT2D eigenvalue weighted by Crippen LogP contribution is -2.13. The number of hydrogen-bond donors (Lipinski definition) is 0. The number of aromatic nitrogens is 2. The molecule has 4 heteroatoms. The molecule has 0 saturated carbocycles. The van der Waals surface area contributed by atoms with Crippen LogP contribution in [0.5, 0.6) is 11.5 Å². The van der Waals surface area contributed by atoms with Gasteiger partial charge in [0, 0.05) is 16.7 Å². The van der Waals surface area contributed by atoms with Crippen molar-refractivity contribution in [2.45, 2.75) is 27.7 Å². The summed E-state index contributed by atoms with van der Waals surface area (Å²) in [5.74, 6) is 8.43. The molecule has 0 saturated heterocycles. The number of hydrogen-bond acceptors (Lipinski definition) is 4. The van der Waals surface area contributed by atoms with Crippen LogP contribution in [-0.4, -0.2) is 16.6 Å². The Morgan fingerprint density at radius 2 is 1.56 bits per heavy atom. The third-order valence-electron chi connectivity index (χ3n) is 5.50. The molecule has 34 heavy (non-hydrogen) atoms. The van der Waals surface area contributed by atoms with Crippen molar-refractivity contribution in [1.82, 2.24) is 9.97 Å². The van der Waals surface area contributed by atoms with Gasteiger partial charge >= 0.3 is 0 Å². The monoisotopic (exact) mass is 446 g/mol. The van der Waals surface area contributed by atoms with Crippen molar-refractivity contribution in [3.05, 3.63) is 89.6 Å². The molecule has 1 aliphatic rings. The Morgan fingerprint density at radius 1 is 0.882 bits per heavy atom. The van der Waals surface area contributed by atoms with Crippen molar-refractivity contribution in [3.8, 4) is 34.6 Å². The van der Waals surface area contributed by atoms with E-state index in [4.69, 9.17) is 19.4 Å². The molecule has 0 aliphatic carbocycles. The molecule has 4 aromatic rings. The highest BCUT2D eigenvalue weighted by molar-refractivity contribution is 5.89. The van der Waals surface area contributed by atoms with Crippen LogP contribution in [-0.2, 0) is 0 Å². The summed E-state index contributed by atoms with van der Waals surface area (Å²) in [7, 11) is 0. The molecule has 0 spiro atoms. The van der Waals surface area contributed by atoms with Gasteiger partial charge < -0.3 is 9.47 Å². The summed E-state index contributed by atoms with van der Waals surface area (Å²) in [6.07, 6.45) is 2.11. The maximum absolute atomic E-state index is 6.47. The predicted molar refractivity (Wildman–Crippen MR) is 137 cm³/mol. The second kappa shape index (κ2) is 8.68. The van der Waals surface area contributed by atoms with Crippen molar-refractivity contribution < 1.29 is 9.47 Å². The topological polar surface area (TPSA) is 44.2 Å². The van der Waals surface area contributed by atoms with Gasteiger partial charge in [-0.1, -0.05) is 62.9 Å². The molecule has 168 valence electrons. The minimum atomic E-state index is -0.0908. The molecule has 1 aliphatic heterocycles. The highest BCUT2D eigenvalue weighted by Crippen LogP contribution is 2.46. The van der Waals surface area contributed by atoms with E-state index in [-0.39, 0.29) is 5.41 Å². The van der Waals surface area contributed by atoms with Gasteiger partial charge in [-0.3, -0.25) is 0 Å². The Hall–Kier alpha value is -4.10. The predicted octanol–water partition coefficient (Wildman–Crippen LogP) is 6.82. The summed E-state index contributed by atoms with van der Waals surface area (Å²) in [6, 6.07) is 21.8. The SMILES string of the molecule is Cc1c(OCC#Cc2ccccc2)ccc2c1O/C(=C/C(C)(C)C)c1nc3ccccc3nc1-2. The molecule has 1 aromatic heterocycles. The van der Waals surface area contributed by atoms with Gasteiger partial charge in [0.1, 0.15) is 29.5 Å². The van der Waals surface area contributed by atoms with E-state index in [1.807, 2.05) is 73.7 Å². The maximum atomic E-state index is 6.47. The lowest BCUT2D eigenvalue weighted by molar-refractivity contribution is 0.364. The average molecular weight is 447 g/mol. The fourth-order valence-electron chi connectivity index (χ4n) is 3.93. The van der Waals surface area contributed by atoms with E-state index in [2.05, 4.69) is 38.7 Å². The molecule has 0 radical (unpaired) electrons. The van der Waals surface area contributed by atoms with Crippen LogP contribution in [0.3, 0.4) is 0 Å². The smallest absolute Gasteiger partial charge is 0.151 e. The second-order valence-corrected chi connectivity index (χ2v) is 9.41. The van der Waals surface area contributed by atoms with Crippen molar-refractivity contribution in [3.63, 3.8) is 0 Å². The average Bonchev–Trinajstić information content (AvgIpc) is 2.82. The Balaban J connectivity index is 1.54. The number of allylic oxidation sites excluding steroid dienone is 1. The van der Waals surface area contributed by atoms with Crippen molar-refractivity contribution in [2.75, 3.05) is 6.61 Å². The Labute approximate surface area is 200 Å². The zero-order valence-corrected chi connectivity index (χ0v) is 19.8. The standard InChI is InChI=1S/C30H26N2O2/c1-20-25(33-18-10-13-21-11-6-5-7-12-21)17-16-22-27-28(26(34-29(20)22)19-30(2,3)4)32-24-15-9-8-14-23(24)31-27/h5-9,11-12,14-17,19H,18H2,1-4H3/b26-19+. The van der Waals surface area contributed by atoms with Crippen LogP contribution in [0.25, 0.3) is 28.0 Å². The van der Waals surface area contributed by atoms with Crippen LogP contribution >= 0.6 is 0 Å². The molecule has 0 atom stereocenters. The summed E-state index contributed by atoms with van der Waals surface area (Å²) in [4.78, 5) is 9.89. The first kappa shape index (κ1) is 21.7. The van der Waals surface area contributed by atoms with E-state index in [9.17, 15) is 0 Å². The van der Waals surface area contributed by atoms with Gasteiger partial charge in [0.05, 0.1) is 11.0 Å². The number of benzene rings is 3. The summed E-state index contributed by atoms with van der Waals surface area (Å²) in [5, 5.41) is 0. The first-order chi connectivity index (χ1) is 16.4. The summed E-state index contributed by atoms with van der Waals surface area (Å²) in [6.45, 7) is 8.73. The molecule has 0 unspecified atom stereocenters. The molecule has 0 fully saturated rings. The number of para-hydroxylation sites is 2. The highest BCUT2D eigenvalue weighted by atomic mass is 16.5. The van der Waals surface area contributed by atoms with Gasteiger partial charge in [0.15, 0.2) is 5.76 Å². The van der Waals surface area contributed by atoms with Crippen LogP contribution < -0.4 is 9.47 Å². The minimum absolute atomic E-state index is 0.0908. The van der Waals surface area contributed by atoms with E-state index in [1.54, 1.807) is 0 Å². The first-order valence-corrected chi connectivity index (χ1v) is 11.4. The summed E-state index contributed by atoms with van der Waals surface area (Å²) >= 11 is 0. The third-order valence-corrected chi connectivity index (χ3v) is 5.50. The van der Waals surface area contributed by atoms with Crippen molar-refractivity contribution in [2.24, 2.45) is 5.41 Å². The van der Waals surface area contributed by atoms with E-state index in [1.165, 1.54) is 0 Å². The van der Waals surface area contributed by atoms with Gasteiger partial charge in [0.25, 0.3) is 0 Å². The molecular weight excluding hydrogens is 420 g/mol. The molecule has 0 amide bonds. The molecule has 0 bridgehead atoms. The van der Waals surface area contributed by atoms with Gasteiger partial charge in [-0.2, -0.15) is 0 Å². The molecule has 4 nitrogen and oxygen atoms in total.